The first-order valence-corrected chi connectivity index (χ1v) is 10.6. The first kappa shape index (κ1) is 24.5. The van der Waals surface area contributed by atoms with Gasteiger partial charge in [0.25, 0.3) is 5.91 Å². The van der Waals surface area contributed by atoms with Gasteiger partial charge in [-0.1, -0.05) is 35.0 Å². The molecule has 0 aliphatic carbocycles. The average molecular weight is 483 g/mol. The van der Waals surface area contributed by atoms with E-state index in [1.165, 1.54) is 0 Å². The summed E-state index contributed by atoms with van der Waals surface area (Å²) >= 11 is 6.25. The third-order valence-corrected chi connectivity index (χ3v) is 5.29. The molecular weight excluding hydrogens is 459 g/mol. The van der Waals surface area contributed by atoms with Gasteiger partial charge in [0.15, 0.2) is 6.61 Å². The predicted molar refractivity (Wildman–Crippen MR) is 117 cm³/mol. The number of aromatic hydroxyl groups is 2. The van der Waals surface area contributed by atoms with Crippen molar-refractivity contribution in [2.75, 3.05) is 19.8 Å². The van der Waals surface area contributed by atoms with Crippen LogP contribution in [0.1, 0.15) is 29.3 Å². The van der Waals surface area contributed by atoms with Gasteiger partial charge >= 0.3 is 5.97 Å². The van der Waals surface area contributed by atoms with E-state index in [0.29, 0.717) is 6.42 Å². The first-order valence-electron chi connectivity index (χ1n) is 10.3. The Balaban J connectivity index is 1.93. The number of rotatable bonds is 5. The van der Waals surface area contributed by atoms with Crippen LogP contribution in [0.2, 0.25) is 5.02 Å². The molecule has 1 amide bonds. The monoisotopic (exact) mass is 482 g/mol. The van der Waals surface area contributed by atoms with Gasteiger partial charge in [-0.25, -0.2) is 9.18 Å². The Kier molecular flexibility index (Phi) is 8.29. The number of phenols is 2. The van der Waals surface area contributed by atoms with Crippen LogP contribution in [-0.2, 0) is 25.5 Å². The summed E-state index contributed by atoms with van der Waals surface area (Å²) in [5.74, 6) is -2.33. The number of phenolic OH excluding ortho intramolecular Hbond substituents is 2. The van der Waals surface area contributed by atoms with Gasteiger partial charge in [-0.2, -0.15) is 0 Å². The van der Waals surface area contributed by atoms with E-state index in [1.807, 2.05) is 6.08 Å². The number of allylic oxidation sites excluding steroid dienone is 3. The number of epoxide rings is 1. The second kappa shape index (κ2) is 11.2. The molecule has 3 rings (SSSR count). The van der Waals surface area contributed by atoms with E-state index in [2.05, 4.69) is 10.5 Å². The van der Waals surface area contributed by atoms with Crippen LogP contribution in [0.25, 0.3) is 0 Å². The highest BCUT2D eigenvalue weighted by Crippen LogP contribution is 2.38. The molecule has 3 atom stereocenters. The largest absolute Gasteiger partial charge is 0.507 e. The van der Waals surface area contributed by atoms with E-state index in [4.69, 9.17) is 25.9 Å². The third kappa shape index (κ3) is 6.69. The van der Waals surface area contributed by atoms with E-state index in [0.717, 1.165) is 6.07 Å². The zero-order valence-corrected chi connectivity index (χ0v) is 18.5. The fraction of sp³-hybridized carbons (Fsp3) is 0.409. The molecule has 178 valence electrons. The van der Waals surface area contributed by atoms with E-state index in [1.54, 1.807) is 25.2 Å². The standard InChI is InChI=1S/C22H24ClFN2O7/c1-12-8-18-17(33-18)5-3-2-4-13(26-31-11-19(29)25-7-6-24)9-14-20(22(30)32-12)15(27)10-16(28)21(14)23/h2-5,10,12,17-18,27-28H,6-9,11H2,1H3,(H,25,29)/b4-2-,5-3-,26-13+/t12-,17-,18-/m1/s1. The fourth-order valence-electron chi connectivity index (χ4n) is 3.26. The van der Waals surface area contributed by atoms with Crippen molar-refractivity contribution in [3.63, 3.8) is 0 Å². The van der Waals surface area contributed by atoms with Gasteiger partial charge in [0.05, 0.1) is 16.8 Å². The number of cyclic esters (lactones) is 1. The number of halogens is 2. The van der Waals surface area contributed by atoms with E-state index in [9.17, 15) is 24.2 Å². The van der Waals surface area contributed by atoms with Gasteiger partial charge in [0, 0.05) is 25.5 Å². The lowest BCUT2D eigenvalue weighted by molar-refractivity contribution is -0.125. The van der Waals surface area contributed by atoms with Gasteiger partial charge in [-0.15, -0.1) is 0 Å². The highest BCUT2D eigenvalue weighted by molar-refractivity contribution is 6.33. The van der Waals surface area contributed by atoms with Gasteiger partial charge in [-0.05, 0) is 18.6 Å². The molecule has 33 heavy (non-hydrogen) atoms. The number of benzene rings is 1. The lowest BCUT2D eigenvalue weighted by Gasteiger charge is -2.17. The molecule has 2 aliphatic rings. The SMILES string of the molecule is C[C@@H]1C[C@H]2O[C@@H]2\C=C/C=C\C(=N/OCC(=O)NCCF)Cc2c(Cl)c(O)cc(O)c2C(=O)O1. The van der Waals surface area contributed by atoms with Crippen molar-refractivity contribution < 1.29 is 38.5 Å². The van der Waals surface area contributed by atoms with Crippen LogP contribution in [0.4, 0.5) is 4.39 Å². The van der Waals surface area contributed by atoms with Crippen molar-refractivity contribution in [1.29, 1.82) is 0 Å². The second-order valence-electron chi connectivity index (χ2n) is 7.49. The minimum absolute atomic E-state index is 0.0711. The van der Waals surface area contributed by atoms with E-state index >= 15 is 0 Å². The van der Waals surface area contributed by atoms with Crippen molar-refractivity contribution in [3.8, 4) is 11.5 Å². The van der Waals surface area contributed by atoms with Gasteiger partial charge in [0.1, 0.15) is 35.9 Å². The Labute approximate surface area is 194 Å². The molecule has 3 N–H and O–H groups in total. The number of esters is 1. The molecule has 0 radical (unpaired) electrons. The topological polar surface area (TPSA) is 130 Å². The summed E-state index contributed by atoms with van der Waals surface area (Å²) in [7, 11) is 0. The van der Waals surface area contributed by atoms with Crippen LogP contribution in [0, 0.1) is 0 Å². The molecular formula is C22H24ClFN2O7. The van der Waals surface area contributed by atoms with Crippen LogP contribution in [0.15, 0.2) is 35.5 Å². The number of hydrogen-bond donors (Lipinski definition) is 3. The zero-order valence-electron chi connectivity index (χ0n) is 17.8. The summed E-state index contributed by atoms with van der Waals surface area (Å²) in [6, 6.07) is 0.956. The molecule has 9 nitrogen and oxygen atoms in total. The molecule has 2 heterocycles. The molecule has 1 aromatic carbocycles. The van der Waals surface area contributed by atoms with E-state index < -0.39 is 42.8 Å². The van der Waals surface area contributed by atoms with Crippen LogP contribution in [0.3, 0.4) is 0 Å². The molecule has 1 aromatic rings. The Hall–Kier alpha value is -3.11. The normalized spacial score (nSPS) is 25.7. The molecule has 1 fully saturated rings. The molecule has 0 bridgehead atoms. The lowest BCUT2D eigenvalue weighted by atomic mass is 9.99. The number of nitrogens with zero attached hydrogens (tertiary/aromatic N) is 1. The molecule has 0 aromatic heterocycles. The summed E-state index contributed by atoms with van der Waals surface area (Å²) in [4.78, 5) is 29.5. The van der Waals surface area contributed by atoms with Crippen molar-refractivity contribution in [2.24, 2.45) is 5.16 Å². The van der Waals surface area contributed by atoms with Gasteiger partial charge in [0.2, 0.25) is 0 Å². The number of fused-ring (bicyclic) bond motifs is 2. The van der Waals surface area contributed by atoms with Crippen molar-refractivity contribution in [3.05, 3.63) is 46.5 Å². The summed E-state index contributed by atoms with van der Waals surface area (Å²) in [6.45, 7) is 0.392. The predicted octanol–water partition coefficient (Wildman–Crippen LogP) is 2.58. The van der Waals surface area contributed by atoms with Crippen molar-refractivity contribution >= 4 is 29.2 Å². The maximum absolute atomic E-state index is 12.9. The Morgan fingerprint density at radius 3 is 2.91 bits per heavy atom. The molecule has 1 saturated heterocycles. The van der Waals surface area contributed by atoms with Crippen LogP contribution in [-0.4, -0.2) is 65.9 Å². The van der Waals surface area contributed by atoms with Crippen LogP contribution in [0.5, 0.6) is 11.5 Å². The maximum Gasteiger partial charge on any atom is 0.342 e. The van der Waals surface area contributed by atoms with Gasteiger partial charge < -0.3 is 29.8 Å². The summed E-state index contributed by atoms with van der Waals surface area (Å²) in [6.07, 6.45) is 6.41. The fourth-order valence-corrected chi connectivity index (χ4v) is 3.48. The molecule has 0 spiro atoms. The quantitative estimate of drug-likeness (QED) is 0.334. The summed E-state index contributed by atoms with van der Waals surface area (Å²) in [5, 5.41) is 26.5. The number of ether oxygens (including phenoxy) is 2. The summed E-state index contributed by atoms with van der Waals surface area (Å²) in [5.41, 5.74) is 0.0754. The highest BCUT2D eigenvalue weighted by atomic mass is 35.5. The number of amides is 1. The van der Waals surface area contributed by atoms with Crippen molar-refractivity contribution in [1.82, 2.24) is 5.32 Å². The molecule has 0 unspecified atom stereocenters. The zero-order chi connectivity index (χ0) is 24.0. The minimum Gasteiger partial charge on any atom is -0.507 e. The lowest BCUT2D eigenvalue weighted by Crippen LogP contribution is -2.28. The maximum atomic E-state index is 12.9. The highest BCUT2D eigenvalue weighted by Gasteiger charge is 2.38. The minimum atomic E-state index is -0.823. The number of oxime groups is 1. The summed E-state index contributed by atoms with van der Waals surface area (Å²) < 4.78 is 23.2. The number of alkyl halides is 1. The Morgan fingerprint density at radius 1 is 1.36 bits per heavy atom. The molecule has 2 aliphatic heterocycles. The number of nitrogens with one attached hydrogen (secondary N) is 1. The third-order valence-electron chi connectivity index (χ3n) is 4.87. The molecule has 11 heteroatoms. The second-order valence-corrected chi connectivity index (χ2v) is 7.87. The van der Waals surface area contributed by atoms with Gasteiger partial charge in [-0.3, -0.25) is 4.79 Å². The average Bonchev–Trinajstić information content (AvgIpc) is 3.49. The van der Waals surface area contributed by atoms with Crippen LogP contribution < -0.4 is 5.32 Å². The number of carbonyl (C=O) groups is 2. The van der Waals surface area contributed by atoms with E-state index in [-0.39, 0.29) is 47.0 Å². The molecule has 0 saturated carbocycles. The number of carbonyl (C=O) groups excluding carboxylic acids is 2. The van der Waals surface area contributed by atoms with Crippen molar-refractivity contribution in [2.45, 2.75) is 38.1 Å². The first-order chi connectivity index (χ1) is 15.8. The van der Waals surface area contributed by atoms with Crippen LogP contribution >= 0.6 is 11.6 Å². The smallest absolute Gasteiger partial charge is 0.342 e. The Morgan fingerprint density at radius 2 is 2.15 bits per heavy atom. The Bertz CT molecular complexity index is 995. The number of hydrogen-bond acceptors (Lipinski definition) is 8.